The molecule has 4 aromatic rings. The molecule has 0 unspecified atom stereocenters. The van der Waals surface area contributed by atoms with Crippen LogP contribution in [0.4, 0.5) is 5.69 Å². The summed E-state index contributed by atoms with van der Waals surface area (Å²) in [5, 5.41) is 6.48. The molecule has 0 fully saturated rings. The van der Waals surface area contributed by atoms with Crippen molar-refractivity contribution in [3.05, 3.63) is 75.2 Å². The molecular weight excluding hydrogens is 514 g/mol. The van der Waals surface area contributed by atoms with Crippen molar-refractivity contribution in [2.24, 2.45) is 0 Å². The third-order valence-electron chi connectivity index (χ3n) is 4.65. The smallest absolute Gasteiger partial charge is 0.261 e. The minimum absolute atomic E-state index is 0.149. The van der Waals surface area contributed by atoms with E-state index in [1.165, 1.54) is 7.11 Å². The van der Waals surface area contributed by atoms with Gasteiger partial charge >= 0.3 is 0 Å². The average molecular weight is 531 g/mol. The van der Waals surface area contributed by atoms with Crippen molar-refractivity contribution in [3.8, 4) is 17.2 Å². The second kappa shape index (κ2) is 9.28. The summed E-state index contributed by atoms with van der Waals surface area (Å²) in [5.74, 6) is 0.602. The van der Waals surface area contributed by atoms with Gasteiger partial charge in [-0.2, -0.15) is 0 Å². The Hall–Kier alpha value is -2.94. The van der Waals surface area contributed by atoms with Crippen molar-refractivity contribution in [3.63, 3.8) is 0 Å². The highest BCUT2D eigenvalue weighted by atomic mass is 79.9. The summed E-state index contributed by atoms with van der Waals surface area (Å²) in [6.07, 6.45) is 0. The normalized spacial score (nSPS) is 10.8. The Balaban J connectivity index is 1.50. The number of rotatable bonds is 4. The number of anilines is 1. The number of carbonyl (C=O) groups is 1. The molecule has 0 bridgehead atoms. The molecule has 32 heavy (non-hydrogen) atoms. The SMILES string of the molecule is COc1c(C)cc(Br)cc1C(=O)NC(=S)Nc1ccc2oc(-c3ccc(Cl)cc3)nc2c1. The van der Waals surface area contributed by atoms with Crippen LogP contribution in [0, 0.1) is 6.92 Å². The molecule has 0 aliphatic rings. The summed E-state index contributed by atoms with van der Waals surface area (Å²) < 4.78 is 12.0. The molecule has 162 valence electrons. The molecule has 1 heterocycles. The lowest BCUT2D eigenvalue weighted by molar-refractivity contribution is 0.0974. The molecule has 2 N–H and O–H groups in total. The molecule has 0 spiro atoms. The largest absolute Gasteiger partial charge is 0.496 e. The number of hydrogen-bond donors (Lipinski definition) is 2. The van der Waals surface area contributed by atoms with Crippen molar-refractivity contribution in [1.82, 2.24) is 10.3 Å². The summed E-state index contributed by atoms with van der Waals surface area (Å²) in [4.78, 5) is 17.3. The van der Waals surface area contributed by atoms with E-state index in [9.17, 15) is 4.79 Å². The van der Waals surface area contributed by atoms with Gasteiger partial charge in [0, 0.05) is 20.7 Å². The van der Waals surface area contributed by atoms with Crippen LogP contribution in [0.5, 0.6) is 5.75 Å². The molecule has 4 rings (SSSR count). The number of nitrogens with zero attached hydrogens (tertiary/aromatic N) is 1. The Morgan fingerprint density at radius 3 is 2.62 bits per heavy atom. The molecule has 0 saturated carbocycles. The maximum Gasteiger partial charge on any atom is 0.261 e. The van der Waals surface area contributed by atoms with Crippen LogP contribution in [-0.2, 0) is 0 Å². The van der Waals surface area contributed by atoms with Crippen LogP contribution in [0.2, 0.25) is 5.02 Å². The lowest BCUT2D eigenvalue weighted by Crippen LogP contribution is -2.34. The molecule has 1 amide bonds. The zero-order valence-electron chi connectivity index (χ0n) is 17.0. The van der Waals surface area contributed by atoms with Gasteiger partial charge in [0.25, 0.3) is 5.91 Å². The zero-order valence-corrected chi connectivity index (χ0v) is 20.2. The van der Waals surface area contributed by atoms with Crippen molar-refractivity contribution >= 4 is 67.6 Å². The first kappa shape index (κ1) is 22.3. The number of oxazole rings is 1. The van der Waals surface area contributed by atoms with Crippen LogP contribution in [0.1, 0.15) is 15.9 Å². The predicted molar refractivity (Wildman–Crippen MR) is 134 cm³/mol. The van der Waals surface area contributed by atoms with Gasteiger partial charge in [0.1, 0.15) is 11.3 Å². The molecular formula is C23H17BrClN3O3S. The number of aromatic nitrogens is 1. The minimum atomic E-state index is -0.378. The standard InChI is InChI=1S/C23H17BrClN3O3S/c1-12-9-14(24)10-17(20(12)30-2)21(29)28-23(32)26-16-7-8-19-18(11-16)27-22(31-19)13-3-5-15(25)6-4-13/h3-11H,1-2H3,(H2,26,28,29,32). The van der Waals surface area contributed by atoms with E-state index in [0.29, 0.717) is 39.0 Å². The number of halogens is 2. The molecule has 3 aromatic carbocycles. The fraction of sp³-hybridized carbons (Fsp3) is 0.0870. The minimum Gasteiger partial charge on any atom is -0.496 e. The maximum atomic E-state index is 12.7. The molecule has 0 aliphatic carbocycles. The molecule has 0 radical (unpaired) electrons. The fourth-order valence-corrected chi connectivity index (χ4v) is 4.13. The van der Waals surface area contributed by atoms with Gasteiger partial charge in [0.05, 0.1) is 12.7 Å². The van der Waals surface area contributed by atoms with E-state index in [1.807, 2.05) is 25.1 Å². The number of benzene rings is 3. The predicted octanol–water partition coefficient (Wildman–Crippen LogP) is 6.35. The first-order valence-corrected chi connectivity index (χ1v) is 11.0. The lowest BCUT2D eigenvalue weighted by Gasteiger charge is -2.13. The third kappa shape index (κ3) is 4.77. The second-order valence-corrected chi connectivity index (χ2v) is 8.68. The number of hydrogen-bond acceptors (Lipinski definition) is 5. The van der Waals surface area contributed by atoms with E-state index in [2.05, 4.69) is 31.5 Å². The topological polar surface area (TPSA) is 76.4 Å². The van der Waals surface area contributed by atoms with Gasteiger partial charge in [-0.25, -0.2) is 4.98 Å². The summed E-state index contributed by atoms with van der Waals surface area (Å²) in [6, 6.07) is 16.2. The van der Waals surface area contributed by atoms with E-state index in [0.717, 1.165) is 15.6 Å². The first-order chi connectivity index (χ1) is 15.3. The van der Waals surface area contributed by atoms with Crippen molar-refractivity contribution in [2.75, 3.05) is 12.4 Å². The number of ether oxygens (including phenoxy) is 1. The average Bonchev–Trinajstić information content (AvgIpc) is 3.17. The lowest BCUT2D eigenvalue weighted by atomic mass is 10.1. The van der Waals surface area contributed by atoms with Crippen molar-refractivity contribution in [1.29, 1.82) is 0 Å². The third-order valence-corrected chi connectivity index (χ3v) is 5.57. The van der Waals surface area contributed by atoms with Crippen molar-refractivity contribution in [2.45, 2.75) is 6.92 Å². The van der Waals surface area contributed by atoms with Gasteiger partial charge in [-0.1, -0.05) is 27.5 Å². The molecule has 1 aromatic heterocycles. The van der Waals surface area contributed by atoms with Crippen LogP contribution in [0.3, 0.4) is 0 Å². The highest BCUT2D eigenvalue weighted by Gasteiger charge is 2.17. The summed E-state index contributed by atoms with van der Waals surface area (Å²) in [7, 11) is 1.52. The monoisotopic (exact) mass is 529 g/mol. The number of amides is 1. The molecule has 0 atom stereocenters. The number of thiocarbonyl (C=S) groups is 1. The van der Waals surface area contributed by atoms with Gasteiger partial charge < -0.3 is 14.5 Å². The van der Waals surface area contributed by atoms with E-state index < -0.39 is 0 Å². The Morgan fingerprint density at radius 2 is 1.91 bits per heavy atom. The summed E-state index contributed by atoms with van der Waals surface area (Å²) in [6.45, 7) is 1.86. The van der Waals surface area contributed by atoms with Crippen LogP contribution in [0.25, 0.3) is 22.6 Å². The highest BCUT2D eigenvalue weighted by Crippen LogP contribution is 2.29. The number of nitrogens with one attached hydrogen (secondary N) is 2. The van der Waals surface area contributed by atoms with Crippen LogP contribution < -0.4 is 15.4 Å². The van der Waals surface area contributed by atoms with Gasteiger partial charge in [-0.15, -0.1) is 0 Å². The van der Waals surface area contributed by atoms with Gasteiger partial charge in [-0.3, -0.25) is 10.1 Å². The fourth-order valence-electron chi connectivity index (χ4n) is 3.22. The maximum absolute atomic E-state index is 12.7. The molecule has 6 nitrogen and oxygen atoms in total. The van der Waals surface area contributed by atoms with E-state index in [1.54, 1.807) is 36.4 Å². The quantitative estimate of drug-likeness (QED) is 0.299. The number of fused-ring (bicyclic) bond motifs is 1. The summed E-state index contributed by atoms with van der Waals surface area (Å²) in [5.41, 5.74) is 3.97. The second-order valence-electron chi connectivity index (χ2n) is 6.92. The van der Waals surface area contributed by atoms with Crippen molar-refractivity contribution < 1.29 is 13.9 Å². The van der Waals surface area contributed by atoms with E-state index >= 15 is 0 Å². The molecule has 9 heteroatoms. The van der Waals surface area contributed by atoms with Crippen LogP contribution >= 0.6 is 39.7 Å². The molecule has 0 aliphatic heterocycles. The summed E-state index contributed by atoms with van der Waals surface area (Å²) >= 11 is 14.7. The number of carbonyl (C=O) groups excluding carboxylic acids is 1. The number of aryl methyl sites for hydroxylation is 1. The Labute approximate surface area is 203 Å². The first-order valence-electron chi connectivity index (χ1n) is 9.47. The Bertz CT molecular complexity index is 1340. The van der Waals surface area contributed by atoms with E-state index in [-0.39, 0.29) is 11.0 Å². The highest BCUT2D eigenvalue weighted by molar-refractivity contribution is 9.10. The Kier molecular flexibility index (Phi) is 6.45. The van der Waals surface area contributed by atoms with E-state index in [4.69, 9.17) is 33.0 Å². The van der Waals surface area contributed by atoms with Gasteiger partial charge in [-0.05, 0) is 79.3 Å². The van der Waals surface area contributed by atoms with Gasteiger partial charge in [0.2, 0.25) is 5.89 Å². The van der Waals surface area contributed by atoms with Gasteiger partial charge in [0.15, 0.2) is 10.7 Å². The van der Waals surface area contributed by atoms with Crippen LogP contribution in [-0.4, -0.2) is 23.1 Å². The zero-order chi connectivity index (χ0) is 22.8. The number of methoxy groups -OCH3 is 1. The molecule has 0 saturated heterocycles. The Morgan fingerprint density at radius 1 is 1.16 bits per heavy atom. The van der Waals surface area contributed by atoms with Crippen LogP contribution in [0.15, 0.2) is 63.5 Å².